The fraction of sp³-hybridized carbons (Fsp3) is 0.429. The summed E-state index contributed by atoms with van der Waals surface area (Å²) in [5.74, 6) is 0. The Balaban J connectivity index is 0.000000269. The maximum absolute atomic E-state index is 9.22. The van der Waals surface area contributed by atoms with Crippen LogP contribution in [0.2, 0.25) is 0 Å². The number of quaternary nitrogens is 2. The van der Waals surface area contributed by atoms with Crippen LogP contribution in [0.3, 0.4) is 0 Å². The molecule has 2 unspecified atom stereocenters. The van der Waals surface area contributed by atoms with Crippen LogP contribution in [0.25, 0.3) is 0 Å². The van der Waals surface area contributed by atoms with Crippen molar-refractivity contribution in [3.8, 4) is 0 Å². The molecular formula is C21H30N2O8S2. The average molecular weight is 503 g/mol. The van der Waals surface area contributed by atoms with Gasteiger partial charge in [-0.2, -0.15) is 0 Å². The number of aryl methyl sites for hydroxylation is 2. The van der Waals surface area contributed by atoms with Gasteiger partial charge in [0.1, 0.15) is 24.5 Å². The Morgan fingerprint density at radius 1 is 0.727 bits per heavy atom. The SMILES string of the molecule is COS(=O)(=O)[O-].COS(=O)(=O)[O-].Cc1ccc2c(c1)C[N+]1(C)C[N+]2(C)Cc2cc(C)ccc21. The lowest BCUT2D eigenvalue weighted by molar-refractivity contribution is 0.133. The molecule has 2 bridgehead atoms. The van der Waals surface area contributed by atoms with Crippen LogP contribution in [0.1, 0.15) is 22.3 Å². The number of hydrogen-bond acceptors (Lipinski definition) is 8. The summed E-state index contributed by atoms with van der Waals surface area (Å²) in [5, 5.41) is 0. The van der Waals surface area contributed by atoms with E-state index in [2.05, 4.69) is 72.7 Å². The molecule has 4 rings (SSSR count). The van der Waals surface area contributed by atoms with Crippen molar-refractivity contribution in [3.05, 3.63) is 58.7 Å². The van der Waals surface area contributed by atoms with E-state index in [4.69, 9.17) is 0 Å². The normalized spacial score (nSPS) is 23.2. The van der Waals surface area contributed by atoms with Crippen LogP contribution < -0.4 is 8.97 Å². The summed E-state index contributed by atoms with van der Waals surface area (Å²) in [6, 6.07) is 14.0. The van der Waals surface area contributed by atoms with E-state index in [1.54, 1.807) is 0 Å². The van der Waals surface area contributed by atoms with Crippen LogP contribution in [-0.4, -0.2) is 60.9 Å². The number of benzene rings is 2. The summed E-state index contributed by atoms with van der Waals surface area (Å²) in [5.41, 5.74) is 8.83. The van der Waals surface area contributed by atoms with Crippen molar-refractivity contribution in [3.63, 3.8) is 0 Å². The second-order valence-corrected chi connectivity index (χ2v) is 11.0. The molecule has 0 radical (unpaired) electrons. The molecule has 2 aliphatic heterocycles. The van der Waals surface area contributed by atoms with Gasteiger partial charge < -0.3 is 9.11 Å². The van der Waals surface area contributed by atoms with Gasteiger partial charge in [0, 0.05) is 12.1 Å². The summed E-state index contributed by atoms with van der Waals surface area (Å²) in [4.78, 5) is 0. The smallest absolute Gasteiger partial charge is 0.217 e. The van der Waals surface area contributed by atoms with E-state index < -0.39 is 20.8 Å². The fourth-order valence-electron chi connectivity index (χ4n) is 4.60. The predicted molar refractivity (Wildman–Crippen MR) is 123 cm³/mol. The van der Waals surface area contributed by atoms with E-state index in [0.717, 1.165) is 42.9 Å². The van der Waals surface area contributed by atoms with Crippen molar-refractivity contribution in [2.75, 3.05) is 35.0 Å². The lowest BCUT2D eigenvalue weighted by Gasteiger charge is -2.51. The van der Waals surface area contributed by atoms with Gasteiger partial charge in [0.25, 0.3) is 0 Å². The average Bonchev–Trinajstić information content (AvgIpc) is 2.66. The molecule has 0 saturated heterocycles. The highest BCUT2D eigenvalue weighted by Gasteiger charge is 2.50. The minimum absolute atomic E-state index is 0.808. The Morgan fingerprint density at radius 3 is 1.30 bits per heavy atom. The molecule has 2 aromatic carbocycles. The van der Waals surface area contributed by atoms with Crippen molar-refractivity contribution in [1.82, 2.24) is 8.97 Å². The van der Waals surface area contributed by atoms with Gasteiger partial charge in [-0.15, -0.1) is 0 Å². The molecule has 0 aliphatic carbocycles. The first kappa shape index (κ1) is 27.3. The highest BCUT2D eigenvalue weighted by Crippen LogP contribution is 2.45. The molecule has 0 saturated carbocycles. The van der Waals surface area contributed by atoms with Gasteiger partial charge in [-0.1, -0.05) is 23.3 Å². The molecule has 10 nitrogen and oxygen atoms in total. The van der Waals surface area contributed by atoms with Gasteiger partial charge >= 0.3 is 0 Å². The third-order valence-corrected chi connectivity index (χ3v) is 6.52. The Bertz CT molecular complexity index is 1140. The first-order valence-corrected chi connectivity index (χ1v) is 12.6. The van der Waals surface area contributed by atoms with Crippen LogP contribution in [-0.2, 0) is 42.3 Å². The van der Waals surface area contributed by atoms with Gasteiger partial charge in [0.05, 0.1) is 39.4 Å². The highest BCUT2D eigenvalue weighted by atomic mass is 32.3. The third-order valence-electron chi connectivity index (χ3n) is 5.70. The molecule has 12 heteroatoms. The minimum atomic E-state index is -4.41. The minimum Gasteiger partial charge on any atom is -0.726 e. The molecular weight excluding hydrogens is 472 g/mol. The summed E-state index contributed by atoms with van der Waals surface area (Å²) in [6.45, 7) is 7.78. The third kappa shape index (κ3) is 7.04. The Labute approximate surface area is 196 Å². The fourth-order valence-corrected chi connectivity index (χ4v) is 4.60. The van der Waals surface area contributed by atoms with Crippen LogP contribution in [0.15, 0.2) is 36.4 Å². The molecule has 0 amide bonds. The first-order chi connectivity index (χ1) is 15.0. The number of nitrogens with zero attached hydrogens (tertiary/aromatic N) is 2. The molecule has 0 fully saturated rings. The van der Waals surface area contributed by atoms with E-state index in [1.165, 1.54) is 33.6 Å². The summed E-state index contributed by atoms with van der Waals surface area (Å²) in [6.07, 6.45) is 0. The van der Waals surface area contributed by atoms with Crippen molar-refractivity contribution in [2.45, 2.75) is 26.9 Å². The Kier molecular flexibility index (Phi) is 8.09. The monoisotopic (exact) mass is 502 g/mol. The van der Waals surface area contributed by atoms with Crippen LogP contribution in [0, 0.1) is 13.8 Å². The first-order valence-electron chi connectivity index (χ1n) is 9.94. The molecule has 0 spiro atoms. The van der Waals surface area contributed by atoms with Crippen LogP contribution in [0.4, 0.5) is 11.4 Å². The maximum atomic E-state index is 9.22. The number of hydrogen-bond donors (Lipinski definition) is 0. The predicted octanol–water partition coefficient (Wildman–Crippen LogP) is 2.05. The summed E-state index contributed by atoms with van der Waals surface area (Å²) >= 11 is 0. The summed E-state index contributed by atoms with van der Waals surface area (Å²) < 4.78 is 64.1. The van der Waals surface area contributed by atoms with Crippen LogP contribution in [0.5, 0.6) is 0 Å². The molecule has 33 heavy (non-hydrogen) atoms. The standard InChI is InChI=1S/C19H24N2.2CH4O4S/c1-14-5-7-18-16(9-14)11-20(3)13-21(18,4)12-17-10-15(2)6-8-19(17)20;2*1-5-6(2,3)4/h5-10H,11-13H2,1-4H3;2*1H3,(H,2,3,4)/q+2;;/p-2. The van der Waals surface area contributed by atoms with Crippen molar-refractivity contribution >= 4 is 32.2 Å². The molecule has 2 atom stereocenters. The van der Waals surface area contributed by atoms with Crippen molar-refractivity contribution in [1.29, 1.82) is 0 Å². The molecule has 2 aliphatic rings. The van der Waals surface area contributed by atoms with E-state index in [1.807, 2.05) is 0 Å². The van der Waals surface area contributed by atoms with Gasteiger partial charge in [-0.25, -0.2) is 25.8 Å². The van der Waals surface area contributed by atoms with Gasteiger partial charge in [0.15, 0.2) is 0 Å². The quantitative estimate of drug-likeness (QED) is 0.346. The zero-order valence-electron chi connectivity index (χ0n) is 19.6. The van der Waals surface area contributed by atoms with Gasteiger partial charge in [-0.05, 0) is 26.0 Å². The Hall–Kier alpha value is -1.90. The molecule has 184 valence electrons. The second-order valence-electron chi connectivity index (χ2n) is 8.66. The van der Waals surface area contributed by atoms with E-state index in [-0.39, 0.29) is 0 Å². The largest absolute Gasteiger partial charge is 0.726 e. The molecule has 0 aromatic heterocycles. The topological polar surface area (TPSA) is 133 Å². The van der Waals surface area contributed by atoms with Crippen LogP contribution >= 0.6 is 0 Å². The lowest BCUT2D eigenvalue weighted by atomic mass is 9.95. The van der Waals surface area contributed by atoms with Gasteiger partial charge in [0.2, 0.25) is 27.5 Å². The highest BCUT2D eigenvalue weighted by molar-refractivity contribution is 7.81. The molecule has 2 aromatic rings. The van der Waals surface area contributed by atoms with Crippen molar-refractivity contribution < 1.29 is 34.3 Å². The zero-order chi connectivity index (χ0) is 25.2. The zero-order valence-corrected chi connectivity index (χ0v) is 21.2. The van der Waals surface area contributed by atoms with E-state index in [9.17, 15) is 25.9 Å². The molecule has 2 heterocycles. The number of rotatable bonds is 2. The summed E-state index contributed by atoms with van der Waals surface area (Å²) in [7, 11) is -2.41. The van der Waals surface area contributed by atoms with Crippen molar-refractivity contribution in [2.24, 2.45) is 0 Å². The lowest BCUT2D eigenvalue weighted by Crippen LogP contribution is -2.66. The number of fused-ring (bicyclic) bond motifs is 6. The molecule has 0 N–H and O–H groups in total. The second kappa shape index (κ2) is 9.76. The van der Waals surface area contributed by atoms with Gasteiger partial charge in [-0.3, -0.25) is 8.37 Å². The van der Waals surface area contributed by atoms with E-state index >= 15 is 0 Å². The Morgan fingerprint density at radius 2 is 1.03 bits per heavy atom. The van der Waals surface area contributed by atoms with E-state index in [0.29, 0.717) is 0 Å². The maximum Gasteiger partial charge on any atom is 0.217 e.